The predicted octanol–water partition coefficient (Wildman–Crippen LogP) is 4.39. The third-order valence-corrected chi connectivity index (χ3v) is 5.75. The van der Waals surface area contributed by atoms with Gasteiger partial charge in [0.05, 0.1) is 5.69 Å². The van der Waals surface area contributed by atoms with Crippen molar-refractivity contribution in [2.45, 2.75) is 38.8 Å². The first kappa shape index (κ1) is 19.5. The van der Waals surface area contributed by atoms with Crippen molar-refractivity contribution in [3.05, 3.63) is 60.0 Å². The van der Waals surface area contributed by atoms with E-state index in [2.05, 4.69) is 39.4 Å². The van der Waals surface area contributed by atoms with Gasteiger partial charge in [-0.25, -0.2) is 4.79 Å². The molecule has 2 amide bonds. The third kappa shape index (κ3) is 4.77. The van der Waals surface area contributed by atoms with Gasteiger partial charge in [0, 0.05) is 54.2 Å². The van der Waals surface area contributed by atoms with Gasteiger partial charge in [0.1, 0.15) is 0 Å². The molecule has 2 N–H and O–H groups in total. The Kier molecular flexibility index (Phi) is 5.81. The van der Waals surface area contributed by atoms with E-state index in [1.165, 1.54) is 0 Å². The number of H-pyrrole nitrogens is 1. The van der Waals surface area contributed by atoms with Crippen molar-refractivity contribution in [3.8, 4) is 0 Å². The maximum Gasteiger partial charge on any atom is 0.321 e. The van der Waals surface area contributed by atoms with Crippen LogP contribution in [0.5, 0.6) is 0 Å². The average Bonchev–Trinajstić information content (AvgIpc) is 2.91. The van der Waals surface area contributed by atoms with Crippen LogP contribution in [0.3, 0.4) is 0 Å². The number of carbonyl (C=O) groups is 1. The molecule has 0 bridgehead atoms. The lowest BCUT2D eigenvalue weighted by molar-refractivity contribution is 0.200. The molecule has 1 fully saturated rings. The third-order valence-electron chi connectivity index (χ3n) is 5.75. The number of fused-ring (bicyclic) bond motifs is 1. The maximum absolute atomic E-state index is 12.8. The number of aryl methyl sites for hydroxylation is 1. The zero-order valence-electron chi connectivity index (χ0n) is 17.2. The normalized spacial score (nSPS) is 17.5. The Hall–Kier alpha value is -2.86. The van der Waals surface area contributed by atoms with Crippen LogP contribution in [-0.2, 0) is 6.54 Å². The van der Waals surface area contributed by atoms with E-state index in [0.29, 0.717) is 6.04 Å². The van der Waals surface area contributed by atoms with E-state index >= 15 is 0 Å². The number of amides is 2. The van der Waals surface area contributed by atoms with Gasteiger partial charge in [-0.2, -0.15) is 0 Å². The first-order valence-corrected chi connectivity index (χ1v) is 10.3. The van der Waals surface area contributed by atoms with Crippen molar-refractivity contribution in [2.75, 3.05) is 25.5 Å². The fourth-order valence-electron chi connectivity index (χ4n) is 4.16. The Morgan fingerprint density at radius 1 is 1.24 bits per heavy atom. The van der Waals surface area contributed by atoms with Crippen LogP contribution in [0, 0.1) is 6.92 Å². The Bertz CT molecular complexity index is 968. The van der Waals surface area contributed by atoms with Crippen molar-refractivity contribution in [2.24, 2.45) is 0 Å². The number of hydrogen-bond acceptors (Lipinski definition) is 3. The molecule has 1 atom stereocenters. The molecule has 1 unspecified atom stereocenters. The van der Waals surface area contributed by atoms with Gasteiger partial charge in [0.25, 0.3) is 0 Å². The molecule has 6 nitrogen and oxygen atoms in total. The van der Waals surface area contributed by atoms with E-state index in [1.807, 2.05) is 48.4 Å². The summed E-state index contributed by atoms with van der Waals surface area (Å²) in [6.07, 6.45) is 4.93. The van der Waals surface area contributed by atoms with Crippen LogP contribution in [-0.4, -0.2) is 52.0 Å². The minimum absolute atomic E-state index is 0.00960. The molecule has 0 spiro atoms. The summed E-state index contributed by atoms with van der Waals surface area (Å²) in [6, 6.07) is 14.6. The van der Waals surface area contributed by atoms with E-state index in [1.54, 1.807) is 0 Å². The molecule has 1 aliphatic rings. The summed E-state index contributed by atoms with van der Waals surface area (Å²) in [6.45, 7) is 4.45. The molecule has 4 rings (SSSR count). The SMILES string of the molecule is Cc1cc2cc(NC(=O)N3CCCC(N(C)Cc4ccccn4)CC3)ccc2[nH]1. The van der Waals surface area contributed by atoms with Gasteiger partial charge in [0.15, 0.2) is 0 Å². The number of nitrogens with zero attached hydrogens (tertiary/aromatic N) is 3. The summed E-state index contributed by atoms with van der Waals surface area (Å²) in [5.74, 6) is 0. The Morgan fingerprint density at radius 2 is 2.14 bits per heavy atom. The minimum Gasteiger partial charge on any atom is -0.359 e. The molecule has 29 heavy (non-hydrogen) atoms. The zero-order valence-corrected chi connectivity index (χ0v) is 17.2. The lowest BCUT2D eigenvalue weighted by Gasteiger charge is -2.27. The molecule has 3 heterocycles. The highest BCUT2D eigenvalue weighted by Crippen LogP contribution is 2.21. The number of aromatic nitrogens is 2. The second-order valence-electron chi connectivity index (χ2n) is 7.99. The van der Waals surface area contributed by atoms with Gasteiger partial charge < -0.3 is 15.2 Å². The van der Waals surface area contributed by atoms with E-state index < -0.39 is 0 Å². The summed E-state index contributed by atoms with van der Waals surface area (Å²) >= 11 is 0. The first-order chi connectivity index (χ1) is 14.1. The van der Waals surface area contributed by atoms with Crippen LogP contribution in [0.1, 0.15) is 30.7 Å². The van der Waals surface area contributed by atoms with Gasteiger partial charge >= 0.3 is 6.03 Å². The Labute approximate surface area is 171 Å². The van der Waals surface area contributed by atoms with Crippen molar-refractivity contribution < 1.29 is 4.79 Å². The van der Waals surface area contributed by atoms with E-state index in [0.717, 1.165) is 66.9 Å². The highest BCUT2D eigenvalue weighted by atomic mass is 16.2. The molecule has 3 aromatic rings. The fourth-order valence-corrected chi connectivity index (χ4v) is 4.16. The van der Waals surface area contributed by atoms with Gasteiger partial charge in [0.2, 0.25) is 0 Å². The number of anilines is 1. The highest BCUT2D eigenvalue weighted by Gasteiger charge is 2.23. The molecule has 152 valence electrons. The lowest BCUT2D eigenvalue weighted by atomic mass is 10.1. The van der Waals surface area contributed by atoms with Crippen LogP contribution in [0.4, 0.5) is 10.5 Å². The zero-order chi connectivity index (χ0) is 20.2. The van der Waals surface area contributed by atoms with Crippen LogP contribution < -0.4 is 5.32 Å². The summed E-state index contributed by atoms with van der Waals surface area (Å²) < 4.78 is 0. The number of aromatic amines is 1. The van der Waals surface area contributed by atoms with Gasteiger partial charge in [-0.3, -0.25) is 9.88 Å². The smallest absolute Gasteiger partial charge is 0.321 e. The predicted molar refractivity (Wildman–Crippen MR) is 117 cm³/mol. The Morgan fingerprint density at radius 3 is 2.97 bits per heavy atom. The molecule has 0 radical (unpaired) electrons. The number of nitrogens with one attached hydrogen (secondary N) is 2. The number of hydrogen-bond donors (Lipinski definition) is 2. The van der Waals surface area contributed by atoms with Crippen LogP contribution >= 0.6 is 0 Å². The number of benzene rings is 1. The first-order valence-electron chi connectivity index (χ1n) is 10.3. The lowest BCUT2D eigenvalue weighted by Crippen LogP contribution is -2.37. The second kappa shape index (κ2) is 8.66. The molecule has 1 aliphatic heterocycles. The molecular weight excluding hydrogens is 362 g/mol. The molecule has 2 aromatic heterocycles. The Balaban J connectivity index is 1.34. The molecule has 0 aliphatic carbocycles. The summed E-state index contributed by atoms with van der Waals surface area (Å²) in [5.41, 5.74) is 4.14. The molecular formula is C23H29N5O. The molecule has 6 heteroatoms. The number of urea groups is 1. The van der Waals surface area contributed by atoms with E-state index in [-0.39, 0.29) is 6.03 Å². The minimum atomic E-state index is -0.00960. The molecule has 0 saturated carbocycles. The average molecular weight is 392 g/mol. The van der Waals surface area contributed by atoms with E-state index in [4.69, 9.17) is 0 Å². The summed E-state index contributed by atoms with van der Waals surface area (Å²) in [5, 5.41) is 4.19. The van der Waals surface area contributed by atoms with Crippen LogP contribution in [0.2, 0.25) is 0 Å². The monoisotopic (exact) mass is 391 g/mol. The molecule has 1 saturated heterocycles. The standard InChI is InChI=1S/C23H29N5O/c1-17-14-18-15-19(8-9-22(18)25-17)26-23(29)28-12-5-7-21(10-13-28)27(2)16-20-6-3-4-11-24-20/h3-4,6,8-9,11,14-15,21,25H,5,7,10,12-13,16H2,1-2H3,(H,26,29). The summed E-state index contributed by atoms with van der Waals surface area (Å²) in [7, 11) is 2.16. The largest absolute Gasteiger partial charge is 0.359 e. The number of rotatable bonds is 4. The van der Waals surface area contributed by atoms with Gasteiger partial charge in [-0.05, 0) is 69.6 Å². The topological polar surface area (TPSA) is 64.3 Å². The number of likely N-dealkylation sites (tertiary alicyclic amines) is 1. The summed E-state index contributed by atoms with van der Waals surface area (Å²) in [4.78, 5) is 24.9. The van der Waals surface area contributed by atoms with Crippen molar-refractivity contribution >= 4 is 22.6 Å². The van der Waals surface area contributed by atoms with Crippen molar-refractivity contribution in [3.63, 3.8) is 0 Å². The quantitative estimate of drug-likeness (QED) is 0.693. The van der Waals surface area contributed by atoms with Crippen molar-refractivity contribution in [1.29, 1.82) is 0 Å². The van der Waals surface area contributed by atoms with Gasteiger partial charge in [-0.15, -0.1) is 0 Å². The second-order valence-corrected chi connectivity index (χ2v) is 7.99. The number of carbonyl (C=O) groups excluding carboxylic acids is 1. The number of pyridine rings is 1. The van der Waals surface area contributed by atoms with E-state index in [9.17, 15) is 4.79 Å². The fraction of sp³-hybridized carbons (Fsp3) is 0.391. The van der Waals surface area contributed by atoms with Gasteiger partial charge in [-0.1, -0.05) is 6.07 Å². The highest BCUT2D eigenvalue weighted by molar-refractivity contribution is 5.93. The van der Waals surface area contributed by atoms with Crippen molar-refractivity contribution in [1.82, 2.24) is 19.8 Å². The van der Waals surface area contributed by atoms with Crippen LogP contribution in [0.15, 0.2) is 48.7 Å². The maximum atomic E-state index is 12.8. The van der Waals surface area contributed by atoms with Crippen LogP contribution in [0.25, 0.3) is 10.9 Å². The molecule has 1 aromatic carbocycles.